The summed E-state index contributed by atoms with van der Waals surface area (Å²) in [6.07, 6.45) is 1.91. The Bertz CT molecular complexity index is 761. The molecule has 23 heavy (non-hydrogen) atoms. The molecule has 0 unspecified atom stereocenters. The Balaban J connectivity index is 2.01. The van der Waals surface area contributed by atoms with Gasteiger partial charge in [0.1, 0.15) is 11.5 Å². The predicted molar refractivity (Wildman–Crippen MR) is 96.3 cm³/mol. The van der Waals surface area contributed by atoms with Crippen LogP contribution in [0.3, 0.4) is 0 Å². The number of ether oxygens (including phenoxy) is 1. The lowest BCUT2D eigenvalue weighted by Crippen LogP contribution is -2.01. The second kappa shape index (κ2) is 7.15. The van der Waals surface area contributed by atoms with Crippen molar-refractivity contribution in [2.75, 3.05) is 0 Å². The molecule has 0 aromatic heterocycles. The van der Waals surface area contributed by atoms with E-state index < -0.39 is 0 Å². The van der Waals surface area contributed by atoms with Crippen LogP contribution in [0.25, 0.3) is 0 Å². The van der Waals surface area contributed by atoms with Gasteiger partial charge < -0.3 is 4.74 Å². The van der Waals surface area contributed by atoms with Gasteiger partial charge in [-0.25, -0.2) is 0 Å². The lowest BCUT2D eigenvalue weighted by Gasteiger charge is -2.17. The Morgan fingerprint density at radius 1 is 0.739 bits per heavy atom. The van der Waals surface area contributed by atoms with E-state index in [0.717, 1.165) is 24.3 Å². The van der Waals surface area contributed by atoms with E-state index in [9.17, 15) is 0 Å². The second-order valence-electron chi connectivity index (χ2n) is 5.77. The minimum Gasteiger partial charge on any atom is -0.457 e. The SMILES string of the molecule is CCc1c(C)ccc(Oc2ccccc2)c1Cc1ccccc1. The number of hydrogen-bond acceptors (Lipinski definition) is 1. The summed E-state index contributed by atoms with van der Waals surface area (Å²) in [5.74, 6) is 1.84. The molecule has 3 rings (SSSR count). The van der Waals surface area contributed by atoms with Crippen LogP contribution in [-0.4, -0.2) is 0 Å². The van der Waals surface area contributed by atoms with Crippen LogP contribution in [0.1, 0.15) is 29.2 Å². The van der Waals surface area contributed by atoms with Gasteiger partial charge in [0.15, 0.2) is 0 Å². The molecular formula is C22H22O. The first-order valence-electron chi connectivity index (χ1n) is 8.16. The summed E-state index contributed by atoms with van der Waals surface area (Å²) in [5, 5.41) is 0. The highest BCUT2D eigenvalue weighted by atomic mass is 16.5. The smallest absolute Gasteiger partial charge is 0.131 e. The molecule has 3 aromatic rings. The molecule has 0 amide bonds. The van der Waals surface area contributed by atoms with Gasteiger partial charge in [-0.2, -0.15) is 0 Å². The first-order chi connectivity index (χ1) is 11.3. The third-order valence-corrected chi connectivity index (χ3v) is 4.17. The average molecular weight is 302 g/mol. The van der Waals surface area contributed by atoms with Crippen LogP contribution in [0.2, 0.25) is 0 Å². The van der Waals surface area contributed by atoms with Crippen LogP contribution >= 0.6 is 0 Å². The van der Waals surface area contributed by atoms with Gasteiger partial charge in [0.25, 0.3) is 0 Å². The molecule has 0 aliphatic carbocycles. The van der Waals surface area contributed by atoms with Gasteiger partial charge in [-0.3, -0.25) is 0 Å². The van der Waals surface area contributed by atoms with E-state index in [0.29, 0.717) is 0 Å². The van der Waals surface area contributed by atoms with E-state index in [1.807, 2.05) is 30.3 Å². The van der Waals surface area contributed by atoms with Crippen LogP contribution in [0.4, 0.5) is 0 Å². The van der Waals surface area contributed by atoms with E-state index in [4.69, 9.17) is 4.74 Å². The number of aryl methyl sites for hydroxylation is 1. The number of para-hydroxylation sites is 1. The van der Waals surface area contributed by atoms with Crippen molar-refractivity contribution in [2.45, 2.75) is 26.7 Å². The maximum Gasteiger partial charge on any atom is 0.131 e. The molecule has 1 heteroatoms. The Labute approximate surface area is 138 Å². The standard InChI is InChI=1S/C22H22O/c1-3-20-17(2)14-15-22(23-19-12-8-5-9-13-19)21(20)16-18-10-6-4-7-11-18/h4-15H,3,16H2,1-2H3. The summed E-state index contributed by atoms with van der Waals surface area (Å²) in [5.41, 5.74) is 5.33. The lowest BCUT2D eigenvalue weighted by atomic mass is 9.93. The number of benzene rings is 3. The Morgan fingerprint density at radius 3 is 2.04 bits per heavy atom. The molecule has 0 spiro atoms. The monoisotopic (exact) mass is 302 g/mol. The third kappa shape index (κ3) is 3.62. The largest absolute Gasteiger partial charge is 0.457 e. The zero-order chi connectivity index (χ0) is 16.1. The highest BCUT2D eigenvalue weighted by Crippen LogP contribution is 2.32. The summed E-state index contributed by atoms with van der Waals surface area (Å²) < 4.78 is 6.18. The molecule has 0 bridgehead atoms. The molecule has 116 valence electrons. The number of rotatable bonds is 5. The molecule has 3 aromatic carbocycles. The molecule has 0 heterocycles. The van der Waals surface area contributed by atoms with Gasteiger partial charge >= 0.3 is 0 Å². The Kier molecular flexibility index (Phi) is 4.77. The van der Waals surface area contributed by atoms with Crippen molar-refractivity contribution in [3.63, 3.8) is 0 Å². The Hall–Kier alpha value is -2.54. The molecule has 0 atom stereocenters. The van der Waals surface area contributed by atoms with Crippen molar-refractivity contribution in [1.29, 1.82) is 0 Å². The van der Waals surface area contributed by atoms with Crippen LogP contribution in [0, 0.1) is 6.92 Å². The zero-order valence-electron chi connectivity index (χ0n) is 13.8. The Morgan fingerprint density at radius 2 is 1.39 bits per heavy atom. The molecule has 1 nitrogen and oxygen atoms in total. The van der Waals surface area contributed by atoms with Gasteiger partial charge in [-0.1, -0.05) is 61.5 Å². The van der Waals surface area contributed by atoms with Crippen molar-refractivity contribution in [3.05, 3.63) is 95.1 Å². The van der Waals surface area contributed by atoms with Gasteiger partial charge in [0, 0.05) is 12.0 Å². The first-order valence-corrected chi connectivity index (χ1v) is 8.16. The van der Waals surface area contributed by atoms with E-state index in [1.54, 1.807) is 0 Å². The molecule has 0 N–H and O–H groups in total. The minimum atomic E-state index is 0.882. The van der Waals surface area contributed by atoms with Crippen LogP contribution < -0.4 is 4.74 Å². The van der Waals surface area contributed by atoms with Crippen LogP contribution in [0.15, 0.2) is 72.8 Å². The van der Waals surface area contributed by atoms with Crippen molar-refractivity contribution in [2.24, 2.45) is 0 Å². The van der Waals surface area contributed by atoms with Crippen LogP contribution in [-0.2, 0) is 12.8 Å². The highest BCUT2D eigenvalue weighted by molar-refractivity contribution is 5.49. The minimum absolute atomic E-state index is 0.882. The van der Waals surface area contributed by atoms with E-state index in [-0.39, 0.29) is 0 Å². The topological polar surface area (TPSA) is 9.23 Å². The van der Waals surface area contributed by atoms with Crippen molar-refractivity contribution in [3.8, 4) is 11.5 Å². The van der Waals surface area contributed by atoms with Crippen molar-refractivity contribution < 1.29 is 4.74 Å². The van der Waals surface area contributed by atoms with Crippen LogP contribution in [0.5, 0.6) is 11.5 Å². The summed E-state index contributed by atoms with van der Waals surface area (Å²) in [7, 11) is 0. The average Bonchev–Trinajstić information content (AvgIpc) is 2.59. The quantitative estimate of drug-likeness (QED) is 0.566. The third-order valence-electron chi connectivity index (χ3n) is 4.17. The fourth-order valence-corrected chi connectivity index (χ4v) is 2.99. The summed E-state index contributed by atoms with van der Waals surface area (Å²) in [6.45, 7) is 4.39. The lowest BCUT2D eigenvalue weighted by molar-refractivity contribution is 0.476. The summed E-state index contributed by atoms with van der Waals surface area (Å²) >= 11 is 0. The van der Waals surface area contributed by atoms with Gasteiger partial charge in [-0.15, -0.1) is 0 Å². The molecule has 0 aliphatic rings. The van der Waals surface area contributed by atoms with Crippen molar-refractivity contribution >= 4 is 0 Å². The van der Waals surface area contributed by atoms with E-state index >= 15 is 0 Å². The summed E-state index contributed by atoms with van der Waals surface area (Å²) in [4.78, 5) is 0. The zero-order valence-corrected chi connectivity index (χ0v) is 13.8. The van der Waals surface area contributed by atoms with Gasteiger partial charge in [0.05, 0.1) is 0 Å². The highest BCUT2D eigenvalue weighted by Gasteiger charge is 2.12. The first kappa shape index (κ1) is 15.4. The fourth-order valence-electron chi connectivity index (χ4n) is 2.99. The molecule has 0 aliphatic heterocycles. The molecule has 0 fully saturated rings. The molecule has 0 saturated carbocycles. The normalized spacial score (nSPS) is 10.5. The molecular weight excluding hydrogens is 280 g/mol. The predicted octanol–water partition coefficient (Wildman–Crippen LogP) is 5.94. The molecule has 0 radical (unpaired) electrons. The van der Waals surface area contributed by atoms with Gasteiger partial charge in [0.2, 0.25) is 0 Å². The fraction of sp³-hybridized carbons (Fsp3) is 0.182. The van der Waals surface area contributed by atoms with E-state index in [1.165, 1.54) is 22.3 Å². The second-order valence-corrected chi connectivity index (χ2v) is 5.77. The molecule has 0 saturated heterocycles. The maximum atomic E-state index is 6.18. The van der Waals surface area contributed by atoms with Gasteiger partial charge in [-0.05, 0) is 48.2 Å². The van der Waals surface area contributed by atoms with E-state index in [2.05, 4.69) is 56.3 Å². The van der Waals surface area contributed by atoms with Crippen molar-refractivity contribution in [1.82, 2.24) is 0 Å². The summed E-state index contributed by atoms with van der Waals surface area (Å²) in [6, 6.07) is 24.8. The maximum absolute atomic E-state index is 6.18. The number of hydrogen-bond donors (Lipinski definition) is 0.